The molecule has 3 aromatic carbocycles. The first-order chi connectivity index (χ1) is 15.4. The van der Waals surface area contributed by atoms with Gasteiger partial charge in [-0.1, -0.05) is 46.9 Å². The molecule has 0 bridgehead atoms. The minimum Gasteiger partial charge on any atom is -0.490 e. The SMILES string of the molecule is CCOc1cc(/C=N/NC(=O)c2ccc(Cl)cc2Cl)cc(I)c1OCc1ccc(Cl)cc1. The zero-order chi connectivity index (χ0) is 23.1. The predicted molar refractivity (Wildman–Crippen MR) is 138 cm³/mol. The molecule has 3 aromatic rings. The van der Waals surface area contributed by atoms with E-state index in [4.69, 9.17) is 44.3 Å². The number of carbonyl (C=O) groups is 1. The molecule has 5 nitrogen and oxygen atoms in total. The molecule has 1 N–H and O–H groups in total. The van der Waals surface area contributed by atoms with Crippen molar-refractivity contribution in [2.45, 2.75) is 13.5 Å². The highest BCUT2D eigenvalue weighted by molar-refractivity contribution is 14.1. The molecule has 0 aliphatic rings. The summed E-state index contributed by atoms with van der Waals surface area (Å²) in [6.07, 6.45) is 1.52. The van der Waals surface area contributed by atoms with Gasteiger partial charge in [-0.3, -0.25) is 4.79 Å². The zero-order valence-electron chi connectivity index (χ0n) is 16.9. The van der Waals surface area contributed by atoms with E-state index in [1.165, 1.54) is 12.3 Å². The monoisotopic (exact) mass is 602 g/mol. The summed E-state index contributed by atoms with van der Waals surface area (Å²) in [6, 6.07) is 15.8. The number of amides is 1. The van der Waals surface area contributed by atoms with E-state index < -0.39 is 5.91 Å². The van der Waals surface area contributed by atoms with Crippen LogP contribution in [0.4, 0.5) is 0 Å². The highest BCUT2D eigenvalue weighted by Crippen LogP contribution is 2.34. The van der Waals surface area contributed by atoms with E-state index in [-0.39, 0.29) is 10.6 Å². The lowest BCUT2D eigenvalue weighted by Crippen LogP contribution is -2.18. The van der Waals surface area contributed by atoms with Crippen LogP contribution in [-0.4, -0.2) is 18.7 Å². The maximum absolute atomic E-state index is 12.3. The fourth-order valence-corrected chi connectivity index (χ4v) is 4.10. The summed E-state index contributed by atoms with van der Waals surface area (Å²) in [6.45, 7) is 2.74. The third-order valence-corrected chi connectivity index (χ3v) is 5.78. The van der Waals surface area contributed by atoms with Crippen LogP contribution in [-0.2, 0) is 6.61 Å². The Morgan fingerprint density at radius 2 is 1.75 bits per heavy atom. The number of ether oxygens (including phenoxy) is 2. The Kier molecular flexibility index (Phi) is 9.04. The molecule has 0 fully saturated rings. The summed E-state index contributed by atoms with van der Waals surface area (Å²) in [7, 11) is 0. The van der Waals surface area contributed by atoms with Gasteiger partial charge in [0.15, 0.2) is 11.5 Å². The number of benzene rings is 3. The van der Waals surface area contributed by atoms with Gasteiger partial charge in [-0.25, -0.2) is 5.43 Å². The molecule has 0 aliphatic carbocycles. The second-order valence-electron chi connectivity index (χ2n) is 6.50. The summed E-state index contributed by atoms with van der Waals surface area (Å²) in [5, 5.41) is 5.40. The predicted octanol–water partition coefficient (Wildman–Crippen LogP) is 6.99. The maximum atomic E-state index is 12.3. The van der Waals surface area contributed by atoms with E-state index in [0.717, 1.165) is 14.7 Å². The molecule has 0 heterocycles. The Bertz CT molecular complexity index is 1140. The van der Waals surface area contributed by atoms with Gasteiger partial charge in [-0.15, -0.1) is 0 Å². The molecule has 0 atom stereocenters. The molecular formula is C23H18Cl3IN2O3. The number of rotatable bonds is 8. The van der Waals surface area contributed by atoms with Gasteiger partial charge in [-0.05, 0) is 83.1 Å². The summed E-state index contributed by atoms with van der Waals surface area (Å²) in [5.41, 5.74) is 4.47. The van der Waals surface area contributed by atoms with Crippen molar-refractivity contribution in [3.05, 3.63) is 89.9 Å². The van der Waals surface area contributed by atoms with E-state index in [2.05, 4.69) is 33.1 Å². The Balaban J connectivity index is 1.72. The van der Waals surface area contributed by atoms with Gasteiger partial charge in [0.2, 0.25) is 0 Å². The van der Waals surface area contributed by atoms with Crippen molar-refractivity contribution in [1.82, 2.24) is 5.43 Å². The van der Waals surface area contributed by atoms with Crippen molar-refractivity contribution < 1.29 is 14.3 Å². The third-order valence-electron chi connectivity index (χ3n) is 4.18. The quantitative estimate of drug-likeness (QED) is 0.172. The van der Waals surface area contributed by atoms with Crippen molar-refractivity contribution in [3.8, 4) is 11.5 Å². The highest BCUT2D eigenvalue weighted by Gasteiger charge is 2.13. The first-order valence-corrected chi connectivity index (χ1v) is 11.7. The van der Waals surface area contributed by atoms with E-state index in [9.17, 15) is 4.79 Å². The number of hydrazone groups is 1. The smallest absolute Gasteiger partial charge is 0.272 e. The first kappa shape index (κ1) is 24.6. The molecule has 0 aliphatic heterocycles. The van der Waals surface area contributed by atoms with Gasteiger partial charge in [0, 0.05) is 10.0 Å². The molecule has 1 amide bonds. The normalized spacial score (nSPS) is 10.9. The Morgan fingerprint density at radius 3 is 2.44 bits per heavy atom. The van der Waals surface area contributed by atoms with Crippen molar-refractivity contribution in [2.75, 3.05) is 6.61 Å². The lowest BCUT2D eigenvalue weighted by Gasteiger charge is -2.15. The molecular weight excluding hydrogens is 586 g/mol. The fraction of sp³-hybridized carbons (Fsp3) is 0.130. The minimum absolute atomic E-state index is 0.251. The third kappa shape index (κ3) is 6.75. The summed E-state index contributed by atoms with van der Waals surface area (Å²) < 4.78 is 12.6. The summed E-state index contributed by atoms with van der Waals surface area (Å²) in [4.78, 5) is 12.3. The van der Waals surface area contributed by atoms with Crippen molar-refractivity contribution in [3.63, 3.8) is 0 Å². The van der Waals surface area contributed by atoms with Crippen LogP contribution in [0.5, 0.6) is 11.5 Å². The topological polar surface area (TPSA) is 59.9 Å². The number of nitrogens with one attached hydrogen (secondary N) is 1. The van der Waals surface area contributed by atoms with Crippen LogP contribution in [0.3, 0.4) is 0 Å². The van der Waals surface area contributed by atoms with Crippen molar-refractivity contribution >= 4 is 69.5 Å². The standard InChI is InChI=1S/C23H18Cl3IN2O3/c1-2-31-21-10-15(12-28-29-23(30)18-8-7-17(25)11-19(18)26)9-20(27)22(21)32-13-14-3-5-16(24)6-4-14/h3-12H,2,13H2,1H3,(H,29,30)/b28-12+. The number of hydrogen-bond acceptors (Lipinski definition) is 4. The Labute approximate surface area is 214 Å². The molecule has 166 valence electrons. The molecule has 0 spiro atoms. The van der Waals surface area contributed by atoms with E-state index in [1.54, 1.807) is 18.2 Å². The van der Waals surface area contributed by atoms with Crippen LogP contribution >= 0.6 is 57.4 Å². The number of nitrogens with zero attached hydrogens (tertiary/aromatic N) is 1. The van der Waals surface area contributed by atoms with Gasteiger partial charge < -0.3 is 9.47 Å². The van der Waals surface area contributed by atoms with Gasteiger partial charge in [0.1, 0.15) is 6.61 Å². The van der Waals surface area contributed by atoms with Gasteiger partial charge >= 0.3 is 0 Å². The fourth-order valence-electron chi connectivity index (χ4n) is 2.70. The molecule has 0 saturated heterocycles. The molecule has 0 radical (unpaired) electrons. The Morgan fingerprint density at radius 1 is 1.03 bits per heavy atom. The second kappa shape index (κ2) is 11.7. The number of hydrogen-bond donors (Lipinski definition) is 1. The van der Waals surface area contributed by atoms with Gasteiger partial charge in [0.25, 0.3) is 5.91 Å². The van der Waals surface area contributed by atoms with Crippen LogP contribution < -0.4 is 14.9 Å². The molecule has 0 saturated carbocycles. The van der Waals surface area contributed by atoms with E-state index >= 15 is 0 Å². The van der Waals surface area contributed by atoms with Crippen LogP contribution in [0, 0.1) is 3.57 Å². The van der Waals surface area contributed by atoms with Crippen LogP contribution in [0.15, 0.2) is 59.7 Å². The first-order valence-electron chi connectivity index (χ1n) is 9.49. The molecule has 0 aromatic heterocycles. The van der Waals surface area contributed by atoms with E-state index in [0.29, 0.717) is 34.8 Å². The van der Waals surface area contributed by atoms with Crippen molar-refractivity contribution in [1.29, 1.82) is 0 Å². The summed E-state index contributed by atoms with van der Waals surface area (Å²) >= 11 is 20.0. The largest absolute Gasteiger partial charge is 0.490 e. The average Bonchev–Trinajstić information content (AvgIpc) is 2.74. The lowest BCUT2D eigenvalue weighted by molar-refractivity contribution is 0.0955. The van der Waals surface area contributed by atoms with E-state index in [1.807, 2.05) is 37.3 Å². The lowest BCUT2D eigenvalue weighted by atomic mass is 10.2. The van der Waals surface area contributed by atoms with Gasteiger partial charge in [-0.2, -0.15) is 5.10 Å². The summed E-state index contributed by atoms with van der Waals surface area (Å²) in [5.74, 6) is 0.781. The molecule has 3 rings (SSSR count). The molecule has 9 heteroatoms. The Hall–Kier alpha value is -2.00. The van der Waals surface area contributed by atoms with Gasteiger partial charge in [0.05, 0.1) is 27.0 Å². The van der Waals surface area contributed by atoms with Crippen LogP contribution in [0.25, 0.3) is 0 Å². The van der Waals surface area contributed by atoms with Crippen molar-refractivity contribution in [2.24, 2.45) is 5.10 Å². The minimum atomic E-state index is -0.439. The number of carbonyl (C=O) groups excluding carboxylic acids is 1. The highest BCUT2D eigenvalue weighted by atomic mass is 127. The zero-order valence-corrected chi connectivity index (χ0v) is 21.3. The van der Waals surface area contributed by atoms with Crippen LogP contribution in [0.1, 0.15) is 28.4 Å². The van der Waals surface area contributed by atoms with Crippen LogP contribution in [0.2, 0.25) is 15.1 Å². The molecule has 0 unspecified atom stereocenters. The second-order valence-corrected chi connectivity index (χ2v) is 8.94. The number of halogens is 4. The average molecular weight is 604 g/mol. The molecule has 32 heavy (non-hydrogen) atoms. The maximum Gasteiger partial charge on any atom is 0.272 e.